The third-order valence-corrected chi connectivity index (χ3v) is 4.89. The van der Waals surface area contributed by atoms with Crippen LogP contribution in [0.3, 0.4) is 0 Å². The Bertz CT molecular complexity index is 789. The molecule has 3 rings (SSSR count). The molecule has 1 unspecified atom stereocenters. The number of Topliss-reactive ketones (excluding diaryl/α,β-unsaturated/α-hetero) is 1. The maximum Gasteiger partial charge on any atom is 0.223 e. The highest BCUT2D eigenvalue weighted by Crippen LogP contribution is 2.24. The maximum absolute atomic E-state index is 12.5. The molecule has 27 heavy (non-hydrogen) atoms. The zero-order valence-electron chi connectivity index (χ0n) is 15.2. The third-order valence-electron chi connectivity index (χ3n) is 4.64. The highest BCUT2D eigenvalue weighted by Gasteiger charge is 2.25. The first-order valence-electron chi connectivity index (χ1n) is 8.89. The molecule has 1 fully saturated rings. The van der Waals surface area contributed by atoms with Gasteiger partial charge in [0.2, 0.25) is 5.91 Å². The molecule has 1 heterocycles. The van der Waals surface area contributed by atoms with Crippen LogP contribution in [0.25, 0.3) is 0 Å². The highest BCUT2D eigenvalue weighted by atomic mass is 35.5. The van der Waals surface area contributed by atoms with E-state index in [2.05, 4.69) is 0 Å². The van der Waals surface area contributed by atoms with Crippen LogP contribution >= 0.6 is 11.6 Å². The summed E-state index contributed by atoms with van der Waals surface area (Å²) in [5, 5.41) is 0.666. The van der Waals surface area contributed by atoms with Crippen LogP contribution in [0.4, 0.5) is 0 Å². The molecule has 1 amide bonds. The number of amides is 1. The van der Waals surface area contributed by atoms with Gasteiger partial charge in [-0.2, -0.15) is 0 Å². The lowest BCUT2D eigenvalue weighted by molar-refractivity contribution is -0.139. The number of ketones is 1. The lowest BCUT2D eigenvalue weighted by Gasteiger charge is -2.33. The van der Waals surface area contributed by atoms with Gasteiger partial charge in [-0.3, -0.25) is 9.59 Å². The van der Waals surface area contributed by atoms with Gasteiger partial charge in [0.05, 0.1) is 20.3 Å². The number of rotatable bonds is 6. The Morgan fingerprint density at radius 3 is 2.48 bits per heavy atom. The summed E-state index contributed by atoms with van der Waals surface area (Å²) in [6.07, 6.45) is 0.212. The number of hydrogen-bond donors (Lipinski definition) is 0. The molecule has 0 spiro atoms. The second-order valence-electron chi connectivity index (χ2n) is 6.40. The molecular formula is C21H22ClNO4. The van der Waals surface area contributed by atoms with Crippen molar-refractivity contribution in [2.75, 3.05) is 26.8 Å². The number of benzene rings is 2. The fourth-order valence-electron chi connectivity index (χ4n) is 3.05. The van der Waals surface area contributed by atoms with Gasteiger partial charge in [0.1, 0.15) is 11.9 Å². The molecule has 2 aromatic carbocycles. The number of carbonyl (C=O) groups is 2. The number of nitrogens with zero attached hydrogens (tertiary/aromatic N) is 1. The van der Waals surface area contributed by atoms with E-state index in [9.17, 15) is 9.59 Å². The zero-order chi connectivity index (χ0) is 19.2. The first kappa shape index (κ1) is 19.4. The lowest BCUT2D eigenvalue weighted by atomic mass is 10.0. The molecule has 6 heteroatoms. The summed E-state index contributed by atoms with van der Waals surface area (Å²) in [7, 11) is 1.58. The van der Waals surface area contributed by atoms with Gasteiger partial charge in [-0.1, -0.05) is 23.7 Å². The third kappa shape index (κ3) is 5.08. The lowest BCUT2D eigenvalue weighted by Crippen LogP contribution is -2.42. The molecule has 0 N–H and O–H groups in total. The summed E-state index contributed by atoms with van der Waals surface area (Å²) in [4.78, 5) is 26.6. The minimum absolute atomic E-state index is 0.0286. The molecule has 2 aromatic rings. The Morgan fingerprint density at radius 2 is 1.81 bits per heavy atom. The first-order chi connectivity index (χ1) is 13.1. The van der Waals surface area contributed by atoms with Crippen LogP contribution in [0.5, 0.6) is 5.75 Å². The topological polar surface area (TPSA) is 55.8 Å². The smallest absolute Gasteiger partial charge is 0.223 e. The van der Waals surface area contributed by atoms with Gasteiger partial charge < -0.3 is 14.4 Å². The van der Waals surface area contributed by atoms with Crippen molar-refractivity contribution in [2.24, 2.45) is 0 Å². The molecule has 1 saturated heterocycles. The van der Waals surface area contributed by atoms with Gasteiger partial charge in [-0.15, -0.1) is 0 Å². The van der Waals surface area contributed by atoms with Gasteiger partial charge in [0.25, 0.3) is 0 Å². The Balaban J connectivity index is 1.53. The van der Waals surface area contributed by atoms with Crippen molar-refractivity contribution in [3.8, 4) is 5.75 Å². The normalized spacial score (nSPS) is 16.8. The molecule has 0 radical (unpaired) electrons. The first-order valence-corrected chi connectivity index (χ1v) is 9.26. The fraction of sp³-hybridized carbons (Fsp3) is 0.333. The van der Waals surface area contributed by atoms with Gasteiger partial charge in [0, 0.05) is 30.0 Å². The van der Waals surface area contributed by atoms with Crippen molar-refractivity contribution < 1.29 is 19.1 Å². The van der Waals surface area contributed by atoms with Gasteiger partial charge in [-0.05, 0) is 42.0 Å². The molecule has 5 nitrogen and oxygen atoms in total. The van der Waals surface area contributed by atoms with Gasteiger partial charge in [-0.25, -0.2) is 0 Å². The van der Waals surface area contributed by atoms with Crippen LogP contribution in [0.15, 0.2) is 48.5 Å². The van der Waals surface area contributed by atoms with Crippen molar-refractivity contribution >= 4 is 23.3 Å². The number of carbonyl (C=O) groups excluding carboxylic acids is 2. The zero-order valence-corrected chi connectivity index (χ0v) is 15.9. The minimum atomic E-state index is -0.169. The highest BCUT2D eigenvalue weighted by molar-refractivity contribution is 6.30. The summed E-state index contributed by atoms with van der Waals surface area (Å²) in [6.45, 7) is 1.50. The molecule has 142 valence electrons. The average molecular weight is 388 g/mol. The van der Waals surface area contributed by atoms with E-state index in [1.165, 1.54) is 0 Å². The predicted molar refractivity (Wildman–Crippen MR) is 103 cm³/mol. The molecule has 1 aliphatic rings. The van der Waals surface area contributed by atoms with Crippen LogP contribution in [0, 0.1) is 0 Å². The molecule has 0 aliphatic carbocycles. The average Bonchev–Trinajstić information content (AvgIpc) is 2.72. The van der Waals surface area contributed by atoms with Crippen LogP contribution in [0.1, 0.15) is 34.9 Å². The van der Waals surface area contributed by atoms with E-state index in [1.54, 1.807) is 36.3 Å². The SMILES string of the molecule is COc1ccc(C(=O)CCC(=O)N2CCOC(c3ccc(Cl)cc3)C2)cc1. The van der Waals surface area contributed by atoms with Crippen LogP contribution in [-0.4, -0.2) is 43.4 Å². The molecule has 0 aromatic heterocycles. The standard InChI is InChI=1S/C21H22ClNO4/c1-26-18-8-4-15(5-9-18)19(24)10-11-21(25)23-12-13-27-20(14-23)16-2-6-17(22)7-3-16/h2-9,20H,10-14H2,1H3. The van der Waals surface area contributed by atoms with Crippen molar-refractivity contribution in [3.05, 3.63) is 64.7 Å². The van der Waals surface area contributed by atoms with Crippen molar-refractivity contribution in [2.45, 2.75) is 18.9 Å². The number of hydrogen-bond acceptors (Lipinski definition) is 4. The van der Waals surface area contributed by atoms with Crippen molar-refractivity contribution in [1.29, 1.82) is 0 Å². The number of ether oxygens (including phenoxy) is 2. The Kier molecular flexibility index (Phi) is 6.48. The Hall–Kier alpha value is -2.37. The van der Waals surface area contributed by atoms with Gasteiger partial charge in [0.15, 0.2) is 5.78 Å². The molecule has 1 atom stereocenters. The van der Waals surface area contributed by atoms with Crippen molar-refractivity contribution in [3.63, 3.8) is 0 Å². The Morgan fingerprint density at radius 1 is 1.11 bits per heavy atom. The van der Waals surface area contributed by atoms with E-state index in [4.69, 9.17) is 21.1 Å². The summed E-state index contributed by atoms with van der Waals surface area (Å²) in [5.41, 5.74) is 1.58. The largest absolute Gasteiger partial charge is 0.497 e. The van der Waals surface area contributed by atoms with Crippen LogP contribution in [-0.2, 0) is 9.53 Å². The molecule has 0 saturated carbocycles. The predicted octanol–water partition coefficient (Wildman–Crippen LogP) is 3.91. The second-order valence-corrected chi connectivity index (χ2v) is 6.84. The number of methoxy groups -OCH3 is 1. The van der Waals surface area contributed by atoms with E-state index in [-0.39, 0.29) is 30.6 Å². The number of halogens is 1. The van der Waals surface area contributed by atoms with Crippen LogP contribution in [0.2, 0.25) is 5.02 Å². The second kappa shape index (κ2) is 9.02. The summed E-state index contributed by atoms with van der Waals surface area (Å²) in [6, 6.07) is 14.4. The van der Waals surface area contributed by atoms with Crippen LogP contribution < -0.4 is 4.74 Å². The Labute approximate surface area is 163 Å². The summed E-state index contributed by atoms with van der Waals surface area (Å²) < 4.78 is 10.9. The summed E-state index contributed by atoms with van der Waals surface area (Å²) in [5.74, 6) is 0.622. The fourth-order valence-corrected chi connectivity index (χ4v) is 3.18. The van der Waals surface area contributed by atoms with Gasteiger partial charge >= 0.3 is 0 Å². The summed E-state index contributed by atoms with van der Waals surface area (Å²) >= 11 is 5.92. The van der Waals surface area contributed by atoms with E-state index in [0.717, 1.165) is 5.56 Å². The quantitative estimate of drug-likeness (QED) is 0.705. The van der Waals surface area contributed by atoms with E-state index in [0.29, 0.717) is 36.0 Å². The van der Waals surface area contributed by atoms with E-state index < -0.39 is 0 Å². The minimum Gasteiger partial charge on any atom is -0.497 e. The molecule has 1 aliphatic heterocycles. The molecule has 0 bridgehead atoms. The number of morpholine rings is 1. The van der Waals surface area contributed by atoms with E-state index in [1.807, 2.05) is 24.3 Å². The monoisotopic (exact) mass is 387 g/mol. The van der Waals surface area contributed by atoms with Crippen molar-refractivity contribution in [1.82, 2.24) is 4.90 Å². The van der Waals surface area contributed by atoms with E-state index >= 15 is 0 Å². The maximum atomic E-state index is 12.5. The molecular weight excluding hydrogens is 366 g/mol.